The molecule has 1 heterocycles. The van der Waals surface area contributed by atoms with Crippen molar-refractivity contribution in [1.82, 2.24) is 10.2 Å². The molecule has 0 spiro atoms. The molecule has 94 valence electrons. The van der Waals surface area contributed by atoms with Gasteiger partial charge in [-0.3, -0.25) is 5.10 Å². The summed E-state index contributed by atoms with van der Waals surface area (Å²) in [5.41, 5.74) is 3.05. The summed E-state index contributed by atoms with van der Waals surface area (Å²) in [5.74, 6) is -0.924. The zero-order valence-corrected chi connectivity index (χ0v) is 10.3. The molecule has 0 bridgehead atoms. The zero-order chi connectivity index (χ0) is 13.1. The molecular weight excluding hydrogens is 230 g/mol. The van der Waals surface area contributed by atoms with Crippen molar-refractivity contribution < 1.29 is 9.90 Å². The van der Waals surface area contributed by atoms with E-state index in [-0.39, 0.29) is 11.6 Å². The number of rotatable bonds is 4. The molecule has 5 heteroatoms. The number of nitrogens with one attached hydrogen (secondary N) is 2. The first-order valence-electron chi connectivity index (χ1n) is 5.67. The van der Waals surface area contributed by atoms with Gasteiger partial charge in [-0.25, -0.2) is 4.79 Å². The third kappa shape index (κ3) is 2.51. The van der Waals surface area contributed by atoms with Crippen LogP contribution in [-0.4, -0.2) is 21.3 Å². The zero-order valence-electron chi connectivity index (χ0n) is 10.3. The summed E-state index contributed by atoms with van der Waals surface area (Å²) in [7, 11) is 0. The van der Waals surface area contributed by atoms with Crippen molar-refractivity contribution in [2.24, 2.45) is 0 Å². The summed E-state index contributed by atoms with van der Waals surface area (Å²) < 4.78 is 0. The molecule has 5 nitrogen and oxygen atoms in total. The highest BCUT2D eigenvalue weighted by molar-refractivity contribution is 5.89. The first kappa shape index (κ1) is 12.2. The van der Waals surface area contributed by atoms with Crippen molar-refractivity contribution in [3.05, 3.63) is 47.3 Å². The van der Waals surface area contributed by atoms with Crippen LogP contribution in [0.3, 0.4) is 0 Å². The van der Waals surface area contributed by atoms with E-state index in [1.807, 2.05) is 19.9 Å². The Balaban J connectivity index is 2.23. The summed E-state index contributed by atoms with van der Waals surface area (Å²) >= 11 is 0. The van der Waals surface area contributed by atoms with Crippen LogP contribution in [0.2, 0.25) is 0 Å². The lowest BCUT2D eigenvalue weighted by molar-refractivity contribution is 0.0697. The summed E-state index contributed by atoms with van der Waals surface area (Å²) in [5, 5.41) is 19.0. The van der Waals surface area contributed by atoms with Crippen LogP contribution in [0.15, 0.2) is 30.5 Å². The van der Waals surface area contributed by atoms with Crippen LogP contribution >= 0.6 is 0 Å². The summed E-state index contributed by atoms with van der Waals surface area (Å²) in [6.07, 6.45) is 1.69. The Morgan fingerprint density at radius 2 is 2.22 bits per heavy atom. The van der Waals surface area contributed by atoms with Gasteiger partial charge in [-0.1, -0.05) is 6.07 Å². The molecule has 2 rings (SSSR count). The summed E-state index contributed by atoms with van der Waals surface area (Å²) in [4.78, 5) is 10.9. The molecule has 0 aliphatic heterocycles. The second kappa shape index (κ2) is 4.91. The number of aromatic amines is 1. The largest absolute Gasteiger partial charge is 0.478 e. The topological polar surface area (TPSA) is 78.0 Å². The number of aromatic carboxylic acids is 1. The average Bonchev–Trinajstić information content (AvgIpc) is 2.85. The van der Waals surface area contributed by atoms with Gasteiger partial charge in [-0.05, 0) is 37.6 Å². The van der Waals surface area contributed by atoms with Crippen LogP contribution < -0.4 is 5.32 Å². The van der Waals surface area contributed by atoms with Crippen molar-refractivity contribution in [2.45, 2.75) is 19.9 Å². The number of hydrogen-bond acceptors (Lipinski definition) is 3. The Morgan fingerprint density at radius 1 is 1.44 bits per heavy atom. The van der Waals surface area contributed by atoms with Gasteiger partial charge >= 0.3 is 5.97 Å². The lowest BCUT2D eigenvalue weighted by Crippen LogP contribution is -2.09. The van der Waals surface area contributed by atoms with E-state index in [1.165, 1.54) is 0 Å². The molecule has 0 amide bonds. The number of aryl methyl sites for hydroxylation is 1. The summed E-state index contributed by atoms with van der Waals surface area (Å²) in [6, 6.07) is 6.96. The third-order valence-electron chi connectivity index (χ3n) is 2.85. The predicted molar refractivity (Wildman–Crippen MR) is 68.8 cm³/mol. The number of aromatic nitrogens is 2. The number of hydrogen-bond donors (Lipinski definition) is 3. The third-order valence-corrected chi connectivity index (χ3v) is 2.85. The molecular formula is C13H15N3O2. The van der Waals surface area contributed by atoms with Gasteiger partial charge in [0, 0.05) is 11.9 Å². The molecule has 1 aromatic carbocycles. The van der Waals surface area contributed by atoms with Gasteiger partial charge in [0.1, 0.15) is 0 Å². The molecule has 2 aromatic rings. The molecule has 1 unspecified atom stereocenters. The van der Waals surface area contributed by atoms with E-state index in [2.05, 4.69) is 15.5 Å². The van der Waals surface area contributed by atoms with E-state index < -0.39 is 5.97 Å². The van der Waals surface area contributed by atoms with Gasteiger partial charge in [-0.15, -0.1) is 0 Å². The first-order chi connectivity index (χ1) is 8.58. The number of carbonyl (C=O) groups is 1. The standard InChI is InChI=1S/C13H15N3O2/c1-8-3-4-10(13(17)18)7-12(8)15-9(2)11-5-6-14-16-11/h3-7,9,15H,1-2H3,(H,14,16)(H,17,18). The Bertz CT molecular complexity index is 549. The molecule has 0 saturated heterocycles. The highest BCUT2D eigenvalue weighted by atomic mass is 16.4. The van der Waals surface area contributed by atoms with Gasteiger partial charge in [0.25, 0.3) is 0 Å². The minimum atomic E-state index is -0.924. The first-order valence-corrected chi connectivity index (χ1v) is 5.67. The molecule has 0 radical (unpaired) electrons. The lowest BCUT2D eigenvalue weighted by atomic mass is 10.1. The van der Waals surface area contributed by atoms with Gasteiger partial charge in [0.2, 0.25) is 0 Å². The predicted octanol–water partition coefficient (Wildman–Crippen LogP) is 2.59. The maximum atomic E-state index is 10.9. The molecule has 0 aliphatic carbocycles. The minimum Gasteiger partial charge on any atom is -0.478 e. The van der Waals surface area contributed by atoms with Crippen LogP contribution in [0.25, 0.3) is 0 Å². The number of anilines is 1. The highest BCUT2D eigenvalue weighted by Crippen LogP contribution is 2.22. The van der Waals surface area contributed by atoms with Crippen molar-refractivity contribution in [2.75, 3.05) is 5.32 Å². The Labute approximate surface area is 105 Å². The van der Waals surface area contributed by atoms with Gasteiger partial charge in [0.15, 0.2) is 0 Å². The maximum absolute atomic E-state index is 10.9. The fourth-order valence-electron chi connectivity index (χ4n) is 1.73. The number of benzene rings is 1. The Hall–Kier alpha value is -2.30. The number of carboxylic acid groups (broad SMARTS) is 1. The van der Waals surface area contributed by atoms with Crippen LogP contribution in [0, 0.1) is 6.92 Å². The number of nitrogens with zero attached hydrogens (tertiary/aromatic N) is 1. The highest BCUT2D eigenvalue weighted by Gasteiger charge is 2.10. The van der Waals surface area contributed by atoms with Crippen molar-refractivity contribution in [3.8, 4) is 0 Å². The fraction of sp³-hybridized carbons (Fsp3) is 0.231. The van der Waals surface area contributed by atoms with Crippen LogP contribution in [0.4, 0.5) is 5.69 Å². The van der Waals surface area contributed by atoms with Gasteiger partial charge in [-0.2, -0.15) is 5.10 Å². The maximum Gasteiger partial charge on any atom is 0.335 e. The van der Waals surface area contributed by atoms with Crippen LogP contribution in [-0.2, 0) is 0 Å². The molecule has 18 heavy (non-hydrogen) atoms. The van der Waals surface area contributed by atoms with E-state index in [0.717, 1.165) is 16.9 Å². The average molecular weight is 245 g/mol. The Morgan fingerprint density at radius 3 is 2.83 bits per heavy atom. The molecule has 1 atom stereocenters. The van der Waals surface area contributed by atoms with Gasteiger partial charge in [0.05, 0.1) is 17.3 Å². The van der Waals surface area contributed by atoms with E-state index in [9.17, 15) is 4.79 Å². The van der Waals surface area contributed by atoms with E-state index in [4.69, 9.17) is 5.11 Å². The molecule has 0 saturated carbocycles. The number of carboxylic acids is 1. The van der Waals surface area contributed by atoms with Crippen molar-refractivity contribution in [3.63, 3.8) is 0 Å². The molecule has 1 aromatic heterocycles. The second-order valence-electron chi connectivity index (χ2n) is 4.21. The monoisotopic (exact) mass is 245 g/mol. The van der Waals surface area contributed by atoms with E-state index >= 15 is 0 Å². The van der Waals surface area contributed by atoms with E-state index in [0.29, 0.717) is 0 Å². The molecule has 0 aliphatic rings. The fourth-order valence-corrected chi connectivity index (χ4v) is 1.73. The van der Waals surface area contributed by atoms with E-state index in [1.54, 1.807) is 24.4 Å². The van der Waals surface area contributed by atoms with Crippen molar-refractivity contribution >= 4 is 11.7 Å². The molecule has 3 N–H and O–H groups in total. The normalized spacial score (nSPS) is 12.1. The smallest absolute Gasteiger partial charge is 0.335 e. The Kier molecular flexibility index (Phi) is 3.32. The van der Waals surface area contributed by atoms with Gasteiger partial charge < -0.3 is 10.4 Å². The lowest BCUT2D eigenvalue weighted by Gasteiger charge is -2.16. The minimum absolute atomic E-state index is 0.0373. The molecule has 0 fully saturated rings. The van der Waals surface area contributed by atoms with Crippen molar-refractivity contribution in [1.29, 1.82) is 0 Å². The number of H-pyrrole nitrogens is 1. The quantitative estimate of drug-likeness (QED) is 0.773. The van der Waals surface area contributed by atoms with Crippen LogP contribution in [0.5, 0.6) is 0 Å². The van der Waals surface area contributed by atoms with Crippen LogP contribution in [0.1, 0.15) is 34.6 Å². The summed E-state index contributed by atoms with van der Waals surface area (Å²) in [6.45, 7) is 3.92. The second-order valence-corrected chi connectivity index (χ2v) is 4.21. The SMILES string of the molecule is Cc1ccc(C(=O)O)cc1NC(C)c1ccn[nH]1.